The van der Waals surface area contributed by atoms with Crippen LogP contribution in [0, 0.1) is 0 Å². The van der Waals surface area contributed by atoms with E-state index in [1.54, 1.807) is 28.4 Å². The number of carbonyl (C=O) groups excluding carboxylic acids is 1. The number of fused-ring (bicyclic) bond motifs is 3. The topological polar surface area (TPSA) is 94.5 Å². The summed E-state index contributed by atoms with van der Waals surface area (Å²) in [4.78, 5) is 25.6. The van der Waals surface area contributed by atoms with Crippen molar-refractivity contribution in [1.82, 2.24) is 4.90 Å². The molecular formula is C24H25NO7. The van der Waals surface area contributed by atoms with E-state index in [1.165, 1.54) is 4.90 Å². The number of ether oxygens (including phenoxy) is 4. The third-order valence-corrected chi connectivity index (χ3v) is 6.00. The van der Waals surface area contributed by atoms with Gasteiger partial charge >= 0.3 is 5.97 Å². The van der Waals surface area contributed by atoms with Gasteiger partial charge in [-0.05, 0) is 63.9 Å². The van der Waals surface area contributed by atoms with Gasteiger partial charge in [0.2, 0.25) is 5.91 Å². The summed E-state index contributed by atoms with van der Waals surface area (Å²) in [5, 5.41) is 13.1. The Morgan fingerprint density at radius 1 is 0.875 bits per heavy atom. The van der Waals surface area contributed by atoms with Crippen LogP contribution in [0.15, 0.2) is 30.3 Å². The van der Waals surface area contributed by atoms with E-state index in [2.05, 4.69) is 0 Å². The summed E-state index contributed by atoms with van der Waals surface area (Å²) in [5.74, 6) is 1.11. The predicted molar refractivity (Wildman–Crippen MR) is 119 cm³/mol. The molecule has 0 bridgehead atoms. The minimum Gasteiger partial charge on any atom is -0.493 e. The SMILES string of the molecule is COc1cc2cc(CN3C(=O)CC[C@@H]3C(=O)O)c3cc(OC)c(OC)cc3c2cc1OC. The van der Waals surface area contributed by atoms with E-state index in [-0.39, 0.29) is 18.9 Å². The minimum atomic E-state index is -0.994. The molecule has 32 heavy (non-hydrogen) atoms. The second-order valence-electron chi connectivity index (χ2n) is 7.63. The Hall–Kier alpha value is -3.68. The molecule has 1 heterocycles. The summed E-state index contributed by atoms with van der Waals surface area (Å²) < 4.78 is 22.0. The number of carbonyl (C=O) groups is 2. The van der Waals surface area contributed by atoms with Gasteiger partial charge in [-0.3, -0.25) is 4.79 Å². The number of amides is 1. The summed E-state index contributed by atoms with van der Waals surface area (Å²) in [6.07, 6.45) is 0.534. The standard InChI is InChI=1S/C24H25NO7/c1-29-19-8-13-7-14(12-25-18(24(27)28)5-6-23(25)26)16-10-21(31-3)22(32-4)11-17(16)15(13)9-20(19)30-2/h7-11,18H,5-6,12H2,1-4H3,(H,27,28)/t18-/m1/s1. The molecule has 3 aromatic rings. The molecule has 0 radical (unpaired) electrons. The molecule has 1 amide bonds. The third-order valence-electron chi connectivity index (χ3n) is 6.00. The average molecular weight is 439 g/mol. The van der Waals surface area contributed by atoms with Crippen molar-refractivity contribution in [1.29, 1.82) is 0 Å². The molecule has 8 heteroatoms. The average Bonchev–Trinajstić information content (AvgIpc) is 3.17. The van der Waals surface area contributed by atoms with Gasteiger partial charge in [-0.15, -0.1) is 0 Å². The van der Waals surface area contributed by atoms with Crippen LogP contribution in [-0.4, -0.2) is 56.4 Å². The molecule has 0 spiro atoms. The van der Waals surface area contributed by atoms with Gasteiger partial charge < -0.3 is 29.0 Å². The van der Waals surface area contributed by atoms with Gasteiger partial charge in [0.05, 0.1) is 28.4 Å². The lowest BCUT2D eigenvalue weighted by Crippen LogP contribution is -2.37. The number of aliphatic carboxylic acids is 1. The number of hydrogen-bond acceptors (Lipinski definition) is 6. The van der Waals surface area contributed by atoms with Crippen LogP contribution in [-0.2, 0) is 16.1 Å². The highest BCUT2D eigenvalue weighted by atomic mass is 16.5. The molecular weight excluding hydrogens is 414 g/mol. The molecule has 0 saturated carbocycles. The number of carboxylic acid groups (broad SMARTS) is 1. The Morgan fingerprint density at radius 3 is 1.97 bits per heavy atom. The molecule has 0 unspecified atom stereocenters. The second kappa shape index (κ2) is 8.45. The zero-order valence-corrected chi connectivity index (χ0v) is 18.4. The van der Waals surface area contributed by atoms with E-state index in [4.69, 9.17) is 18.9 Å². The molecule has 4 rings (SSSR count). The lowest BCUT2D eigenvalue weighted by molar-refractivity contribution is -0.146. The number of likely N-dealkylation sites (tertiary alicyclic amines) is 1. The molecule has 1 aliphatic heterocycles. The van der Waals surface area contributed by atoms with E-state index in [9.17, 15) is 14.7 Å². The molecule has 1 atom stereocenters. The Kier molecular flexibility index (Phi) is 5.69. The van der Waals surface area contributed by atoms with Crippen LogP contribution in [0.5, 0.6) is 23.0 Å². The van der Waals surface area contributed by atoms with Gasteiger partial charge in [0.25, 0.3) is 0 Å². The highest BCUT2D eigenvalue weighted by Gasteiger charge is 2.36. The quantitative estimate of drug-likeness (QED) is 0.562. The van der Waals surface area contributed by atoms with Crippen LogP contribution in [0.2, 0.25) is 0 Å². The summed E-state index contributed by atoms with van der Waals surface area (Å²) in [7, 11) is 6.28. The molecule has 8 nitrogen and oxygen atoms in total. The Labute approximate surface area is 185 Å². The first-order valence-corrected chi connectivity index (χ1v) is 10.2. The zero-order chi connectivity index (χ0) is 23.0. The van der Waals surface area contributed by atoms with Crippen LogP contribution in [0.25, 0.3) is 21.5 Å². The van der Waals surface area contributed by atoms with Crippen molar-refractivity contribution >= 4 is 33.4 Å². The van der Waals surface area contributed by atoms with Crippen molar-refractivity contribution in [2.45, 2.75) is 25.4 Å². The van der Waals surface area contributed by atoms with Gasteiger partial charge in [0.15, 0.2) is 23.0 Å². The number of hydrogen-bond donors (Lipinski definition) is 1. The van der Waals surface area contributed by atoms with Gasteiger partial charge in [-0.2, -0.15) is 0 Å². The van der Waals surface area contributed by atoms with Crippen molar-refractivity contribution in [2.75, 3.05) is 28.4 Å². The Bertz CT molecular complexity index is 1220. The highest BCUT2D eigenvalue weighted by molar-refractivity contribution is 6.11. The normalized spacial score (nSPS) is 15.9. The van der Waals surface area contributed by atoms with Crippen LogP contribution in [0.3, 0.4) is 0 Å². The third kappa shape index (κ3) is 3.51. The highest BCUT2D eigenvalue weighted by Crippen LogP contribution is 2.42. The predicted octanol–water partition coefficient (Wildman–Crippen LogP) is 3.60. The van der Waals surface area contributed by atoms with Crippen molar-refractivity contribution in [3.63, 3.8) is 0 Å². The minimum absolute atomic E-state index is 0.168. The fourth-order valence-corrected chi connectivity index (χ4v) is 4.38. The first-order valence-electron chi connectivity index (χ1n) is 10.2. The van der Waals surface area contributed by atoms with Crippen molar-refractivity contribution < 1.29 is 33.6 Å². The first kappa shape index (κ1) is 21.5. The van der Waals surface area contributed by atoms with E-state index >= 15 is 0 Å². The van der Waals surface area contributed by atoms with Crippen LogP contribution < -0.4 is 18.9 Å². The van der Waals surface area contributed by atoms with Crippen molar-refractivity contribution in [2.24, 2.45) is 0 Å². The maximum atomic E-state index is 12.5. The maximum Gasteiger partial charge on any atom is 0.326 e. The molecule has 1 N–H and O–H groups in total. The van der Waals surface area contributed by atoms with Gasteiger partial charge in [-0.25, -0.2) is 4.79 Å². The lowest BCUT2D eigenvalue weighted by Gasteiger charge is -2.23. The van der Waals surface area contributed by atoms with E-state index in [0.29, 0.717) is 29.4 Å². The molecule has 1 saturated heterocycles. The summed E-state index contributed by atoms with van der Waals surface area (Å²) in [6.45, 7) is 0.173. The Morgan fingerprint density at radius 2 is 1.41 bits per heavy atom. The zero-order valence-electron chi connectivity index (χ0n) is 18.4. The number of benzene rings is 3. The Balaban J connectivity index is 1.99. The van der Waals surface area contributed by atoms with Crippen LogP contribution >= 0.6 is 0 Å². The van der Waals surface area contributed by atoms with E-state index in [0.717, 1.165) is 27.1 Å². The monoisotopic (exact) mass is 439 g/mol. The molecule has 3 aromatic carbocycles. The molecule has 1 aliphatic rings. The maximum absolute atomic E-state index is 12.5. The molecule has 1 fully saturated rings. The smallest absolute Gasteiger partial charge is 0.326 e. The molecule has 168 valence electrons. The second-order valence-corrected chi connectivity index (χ2v) is 7.63. The van der Waals surface area contributed by atoms with E-state index < -0.39 is 12.0 Å². The van der Waals surface area contributed by atoms with Crippen LogP contribution in [0.1, 0.15) is 18.4 Å². The first-order chi connectivity index (χ1) is 15.4. The molecule has 0 aliphatic carbocycles. The van der Waals surface area contributed by atoms with Crippen LogP contribution in [0.4, 0.5) is 0 Å². The number of carboxylic acids is 1. The number of nitrogens with zero attached hydrogens (tertiary/aromatic N) is 1. The van der Waals surface area contributed by atoms with Gasteiger partial charge in [0.1, 0.15) is 6.04 Å². The number of methoxy groups -OCH3 is 4. The summed E-state index contributed by atoms with van der Waals surface area (Å²) in [5.41, 5.74) is 0.808. The van der Waals surface area contributed by atoms with Crippen molar-refractivity contribution in [3.8, 4) is 23.0 Å². The van der Waals surface area contributed by atoms with Gasteiger partial charge in [-0.1, -0.05) is 0 Å². The number of rotatable bonds is 7. The fourth-order valence-electron chi connectivity index (χ4n) is 4.38. The fraction of sp³-hybridized carbons (Fsp3) is 0.333. The summed E-state index contributed by atoms with van der Waals surface area (Å²) >= 11 is 0. The lowest BCUT2D eigenvalue weighted by atomic mass is 9.95. The van der Waals surface area contributed by atoms with Gasteiger partial charge in [0, 0.05) is 13.0 Å². The molecule has 0 aromatic heterocycles. The largest absolute Gasteiger partial charge is 0.493 e. The van der Waals surface area contributed by atoms with E-state index in [1.807, 2.05) is 30.3 Å². The summed E-state index contributed by atoms with van der Waals surface area (Å²) in [6, 6.07) is 8.62. The van der Waals surface area contributed by atoms with Crippen molar-refractivity contribution in [3.05, 3.63) is 35.9 Å².